The molecule has 100 valence electrons. The highest BCUT2D eigenvalue weighted by Crippen LogP contribution is 2.21. The molecule has 0 aromatic heterocycles. The molecule has 1 aliphatic rings. The number of hydrogen-bond acceptors (Lipinski definition) is 2. The summed E-state index contributed by atoms with van der Waals surface area (Å²) < 4.78 is 0. The summed E-state index contributed by atoms with van der Waals surface area (Å²) in [6.07, 6.45) is 4.98. The van der Waals surface area contributed by atoms with Crippen LogP contribution in [0.1, 0.15) is 37.3 Å². The Balaban J connectivity index is 1.80. The van der Waals surface area contributed by atoms with Gasteiger partial charge in [0.05, 0.1) is 0 Å². The van der Waals surface area contributed by atoms with Gasteiger partial charge in [0.2, 0.25) is 0 Å². The highest BCUT2D eigenvalue weighted by Gasteiger charge is 2.18. The molecule has 1 fully saturated rings. The fourth-order valence-corrected chi connectivity index (χ4v) is 2.81. The lowest BCUT2D eigenvalue weighted by molar-refractivity contribution is 0.173. The van der Waals surface area contributed by atoms with Crippen LogP contribution < -0.4 is 5.73 Å². The van der Waals surface area contributed by atoms with E-state index in [2.05, 4.69) is 36.1 Å². The van der Waals surface area contributed by atoms with Gasteiger partial charge < -0.3 is 5.73 Å². The zero-order valence-electron chi connectivity index (χ0n) is 11.6. The highest BCUT2D eigenvalue weighted by molar-refractivity contribution is 5.22. The molecule has 0 bridgehead atoms. The quantitative estimate of drug-likeness (QED) is 0.865. The van der Waals surface area contributed by atoms with Gasteiger partial charge in [-0.3, -0.25) is 4.90 Å². The van der Waals surface area contributed by atoms with Gasteiger partial charge >= 0.3 is 0 Å². The monoisotopic (exact) mass is 246 g/mol. The summed E-state index contributed by atoms with van der Waals surface area (Å²) in [5, 5.41) is 0. The van der Waals surface area contributed by atoms with Crippen molar-refractivity contribution in [2.75, 3.05) is 19.6 Å². The van der Waals surface area contributed by atoms with Gasteiger partial charge in [-0.25, -0.2) is 0 Å². The fraction of sp³-hybridized carbons (Fsp3) is 0.625. The van der Waals surface area contributed by atoms with E-state index in [9.17, 15) is 0 Å². The molecule has 1 saturated heterocycles. The Hall–Kier alpha value is -0.860. The Labute approximate surface area is 111 Å². The molecule has 0 atom stereocenters. The number of piperidine rings is 1. The zero-order valence-corrected chi connectivity index (χ0v) is 11.6. The van der Waals surface area contributed by atoms with Crippen LogP contribution in [0.2, 0.25) is 0 Å². The molecule has 1 aromatic rings. The first kappa shape index (κ1) is 13.6. The fourth-order valence-electron chi connectivity index (χ4n) is 2.81. The molecule has 0 amide bonds. The molecule has 18 heavy (non-hydrogen) atoms. The second kappa shape index (κ2) is 6.91. The van der Waals surface area contributed by atoms with Gasteiger partial charge in [-0.05, 0) is 62.4 Å². The molecule has 0 spiro atoms. The van der Waals surface area contributed by atoms with Crippen LogP contribution in [0.5, 0.6) is 0 Å². The third-order valence-electron chi connectivity index (χ3n) is 4.12. The first-order valence-electron chi connectivity index (χ1n) is 7.32. The van der Waals surface area contributed by atoms with Gasteiger partial charge in [0.1, 0.15) is 0 Å². The number of likely N-dealkylation sites (tertiary alicyclic amines) is 1. The number of nitrogens with two attached hydrogens (primary N) is 1. The van der Waals surface area contributed by atoms with Crippen molar-refractivity contribution in [1.29, 1.82) is 0 Å². The van der Waals surface area contributed by atoms with Gasteiger partial charge in [0.25, 0.3) is 0 Å². The molecule has 1 aliphatic heterocycles. The minimum absolute atomic E-state index is 0.850. The average molecular weight is 246 g/mol. The van der Waals surface area contributed by atoms with E-state index < -0.39 is 0 Å². The summed E-state index contributed by atoms with van der Waals surface area (Å²) in [6.45, 7) is 6.64. The van der Waals surface area contributed by atoms with Crippen molar-refractivity contribution in [3.05, 3.63) is 35.4 Å². The van der Waals surface area contributed by atoms with Crippen LogP contribution in [0.15, 0.2) is 24.3 Å². The minimum atomic E-state index is 0.850. The molecule has 1 aromatic carbocycles. The van der Waals surface area contributed by atoms with Gasteiger partial charge in [-0.2, -0.15) is 0 Å². The lowest BCUT2D eigenvalue weighted by atomic mass is 9.93. The summed E-state index contributed by atoms with van der Waals surface area (Å²) in [5.41, 5.74) is 8.51. The normalized spacial score (nSPS) is 18.1. The molecule has 1 heterocycles. The summed E-state index contributed by atoms with van der Waals surface area (Å²) >= 11 is 0. The molecular weight excluding hydrogens is 220 g/mol. The predicted molar refractivity (Wildman–Crippen MR) is 77.5 cm³/mol. The number of aryl methyl sites for hydroxylation is 1. The van der Waals surface area contributed by atoms with E-state index in [0.717, 1.165) is 25.4 Å². The van der Waals surface area contributed by atoms with Gasteiger partial charge in [-0.1, -0.05) is 31.2 Å². The Morgan fingerprint density at radius 2 is 1.72 bits per heavy atom. The molecule has 2 heteroatoms. The van der Waals surface area contributed by atoms with Crippen LogP contribution in [-0.4, -0.2) is 24.5 Å². The lowest BCUT2D eigenvalue weighted by Crippen LogP contribution is -2.33. The van der Waals surface area contributed by atoms with Crippen LogP contribution in [0.25, 0.3) is 0 Å². The van der Waals surface area contributed by atoms with Crippen molar-refractivity contribution < 1.29 is 0 Å². The standard InChI is InChI=1S/C16H26N2/c1-2-14-3-5-16(6-4-14)13-18-11-8-15(7-10-17)9-12-18/h3-6,15H,2,7-13,17H2,1H3. The second-order valence-corrected chi connectivity index (χ2v) is 5.47. The van der Waals surface area contributed by atoms with E-state index in [-0.39, 0.29) is 0 Å². The van der Waals surface area contributed by atoms with Crippen molar-refractivity contribution in [3.63, 3.8) is 0 Å². The summed E-state index contributed by atoms with van der Waals surface area (Å²) in [5.74, 6) is 0.869. The Morgan fingerprint density at radius 3 is 2.28 bits per heavy atom. The SMILES string of the molecule is CCc1ccc(CN2CCC(CCN)CC2)cc1. The van der Waals surface area contributed by atoms with Crippen molar-refractivity contribution in [1.82, 2.24) is 4.90 Å². The van der Waals surface area contributed by atoms with E-state index in [1.54, 1.807) is 0 Å². The molecule has 2 nitrogen and oxygen atoms in total. The second-order valence-electron chi connectivity index (χ2n) is 5.47. The molecule has 0 radical (unpaired) electrons. The molecule has 0 unspecified atom stereocenters. The summed E-state index contributed by atoms with van der Waals surface area (Å²) in [7, 11) is 0. The Kier molecular flexibility index (Phi) is 5.21. The maximum Gasteiger partial charge on any atom is 0.0233 e. The number of rotatable bonds is 5. The van der Waals surface area contributed by atoms with Crippen molar-refractivity contribution >= 4 is 0 Å². The van der Waals surface area contributed by atoms with E-state index >= 15 is 0 Å². The van der Waals surface area contributed by atoms with E-state index in [0.29, 0.717) is 0 Å². The first-order valence-corrected chi connectivity index (χ1v) is 7.32. The van der Waals surface area contributed by atoms with Crippen LogP contribution in [0, 0.1) is 5.92 Å². The van der Waals surface area contributed by atoms with E-state index in [4.69, 9.17) is 5.73 Å². The summed E-state index contributed by atoms with van der Waals surface area (Å²) in [6, 6.07) is 9.09. The number of benzene rings is 1. The maximum absolute atomic E-state index is 5.63. The average Bonchev–Trinajstić information content (AvgIpc) is 2.42. The topological polar surface area (TPSA) is 29.3 Å². The molecule has 0 aliphatic carbocycles. The maximum atomic E-state index is 5.63. The third kappa shape index (κ3) is 3.82. The smallest absolute Gasteiger partial charge is 0.0233 e. The largest absolute Gasteiger partial charge is 0.330 e. The number of nitrogens with zero attached hydrogens (tertiary/aromatic N) is 1. The first-order chi connectivity index (χ1) is 8.81. The van der Waals surface area contributed by atoms with Crippen LogP contribution in [0.4, 0.5) is 0 Å². The van der Waals surface area contributed by atoms with Crippen LogP contribution in [0.3, 0.4) is 0 Å². The number of hydrogen-bond donors (Lipinski definition) is 1. The van der Waals surface area contributed by atoms with Crippen LogP contribution >= 0.6 is 0 Å². The lowest BCUT2D eigenvalue weighted by Gasteiger charge is -2.31. The van der Waals surface area contributed by atoms with E-state index in [1.165, 1.54) is 43.5 Å². The van der Waals surface area contributed by atoms with Gasteiger partial charge in [0.15, 0.2) is 0 Å². The van der Waals surface area contributed by atoms with Crippen molar-refractivity contribution in [2.24, 2.45) is 11.7 Å². The van der Waals surface area contributed by atoms with Crippen LogP contribution in [-0.2, 0) is 13.0 Å². The zero-order chi connectivity index (χ0) is 12.8. The van der Waals surface area contributed by atoms with E-state index in [1.807, 2.05) is 0 Å². The Morgan fingerprint density at radius 1 is 1.11 bits per heavy atom. The molecule has 0 saturated carbocycles. The molecular formula is C16H26N2. The Bertz CT molecular complexity index is 337. The van der Waals surface area contributed by atoms with Crippen molar-refractivity contribution in [2.45, 2.75) is 39.2 Å². The minimum Gasteiger partial charge on any atom is -0.330 e. The molecule has 2 rings (SSSR count). The molecule has 2 N–H and O–H groups in total. The van der Waals surface area contributed by atoms with Gasteiger partial charge in [-0.15, -0.1) is 0 Å². The van der Waals surface area contributed by atoms with Crippen molar-refractivity contribution in [3.8, 4) is 0 Å². The van der Waals surface area contributed by atoms with Gasteiger partial charge in [0, 0.05) is 6.54 Å². The highest BCUT2D eigenvalue weighted by atomic mass is 15.1. The third-order valence-corrected chi connectivity index (χ3v) is 4.12. The predicted octanol–water partition coefficient (Wildman–Crippen LogP) is 2.81. The summed E-state index contributed by atoms with van der Waals surface area (Å²) in [4.78, 5) is 2.58.